The molecule has 0 aromatic rings. The molecule has 1 atom stereocenters. The standard InChI is InChI=1S/C18H36O/c1-3-5-7-9-10-11-13-15-17-18(19)16-14-12-8-6-4-2/h15,17-19H,3-14,16H2,1-2H3. The van der Waals surface area contributed by atoms with Crippen LogP contribution in [0.15, 0.2) is 12.2 Å². The minimum atomic E-state index is -0.207. The highest BCUT2D eigenvalue weighted by atomic mass is 16.3. The maximum Gasteiger partial charge on any atom is 0.0720 e. The van der Waals surface area contributed by atoms with E-state index in [2.05, 4.69) is 19.9 Å². The Labute approximate surface area is 121 Å². The minimum absolute atomic E-state index is 0.207. The van der Waals surface area contributed by atoms with Crippen LogP contribution in [0.25, 0.3) is 0 Å². The van der Waals surface area contributed by atoms with Gasteiger partial charge in [0.2, 0.25) is 0 Å². The summed E-state index contributed by atoms with van der Waals surface area (Å²) >= 11 is 0. The number of rotatable bonds is 14. The Balaban J connectivity index is 3.24. The van der Waals surface area contributed by atoms with Gasteiger partial charge in [-0.1, -0.05) is 90.2 Å². The molecular formula is C18H36O. The molecule has 1 heteroatoms. The molecule has 0 radical (unpaired) electrons. The molecule has 0 saturated carbocycles. The van der Waals surface area contributed by atoms with Crippen LogP contribution in [-0.2, 0) is 0 Å². The Bertz CT molecular complexity index is 186. The Hall–Kier alpha value is -0.300. The van der Waals surface area contributed by atoms with Gasteiger partial charge in [0.15, 0.2) is 0 Å². The first-order chi connectivity index (χ1) is 9.31. The van der Waals surface area contributed by atoms with Gasteiger partial charge < -0.3 is 5.11 Å². The topological polar surface area (TPSA) is 20.2 Å². The van der Waals surface area contributed by atoms with Crippen molar-refractivity contribution in [2.75, 3.05) is 0 Å². The van der Waals surface area contributed by atoms with Gasteiger partial charge in [0.05, 0.1) is 6.10 Å². The van der Waals surface area contributed by atoms with Crippen LogP contribution in [0.5, 0.6) is 0 Å². The third kappa shape index (κ3) is 15.6. The largest absolute Gasteiger partial charge is 0.389 e. The van der Waals surface area contributed by atoms with E-state index in [-0.39, 0.29) is 6.10 Å². The van der Waals surface area contributed by atoms with E-state index in [0.29, 0.717) is 0 Å². The lowest BCUT2D eigenvalue weighted by atomic mass is 10.1. The van der Waals surface area contributed by atoms with E-state index < -0.39 is 0 Å². The maximum absolute atomic E-state index is 9.79. The molecular weight excluding hydrogens is 232 g/mol. The zero-order valence-electron chi connectivity index (χ0n) is 13.4. The fourth-order valence-electron chi connectivity index (χ4n) is 2.35. The summed E-state index contributed by atoms with van der Waals surface area (Å²) in [6.07, 6.45) is 20.5. The predicted octanol–water partition coefficient (Wildman–Crippen LogP) is 6.01. The molecule has 0 saturated heterocycles. The van der Waals surface area contributed by atoms with E-state index in [1.165, 1.54) is 70.6 Å². The lowest BCUT2D eigenvalue weighted by molar-refractivity contribution is 0.207. The van der Waals surface area contributed by atoms with Gasteiger partial charge in [-0.05, 0) is 19.3 Å². The number of aliphatic hydroxyl groups excluding tert-OH is 1. The Morgan fingerprint density at radius 1 is 0.737 bits per heavy atom. The van der Waals surface area contributed by atoms with Crippen LogP contribution in [0.2, 0.25) is 0 Å². The Morgan fingerprint density at radius 3 is 1.89 bits per heavy atom. The molecule has 0 aromatic heterocycles. The normalized spacial score (nSPS) is 13.2. The second-order valence-corrected chi connectivity index (χ2v) is 5.75. The lowest BCUT2D eigenvalue weighted by Crippen LogP contribution is -2.01. The quantitative estimate of drug-likeness (QED) is 0.302. The van der Waals surface area contributed by atoms with Crippen LogP contribution in [0.4, 0.5) is 0 Å². The molecule has 0 amide bonds. The van der Waals surface area contributed by atoms with Crippen LogP contribution in [-0.4, -0.2) is 11.2 Å². The summed E-state index contributed by atoms with van der Waals surface area (Å²) in [4.78, 5) is 0. The SMILES string of the molecule is CCCCCCCCC=CC(O)CCCCCCC. The zero-order valence-corrected chi connectivity index (χ0v) is 13.4. The lowest BCUT2D eigenvalue weighted by Gasteiger charge is -2.05. The average Bonchev–Trinajstić information content (AvgIpc) is 2.41. The summed E-state index contributed by atoms with van der Waals surface area (Å²) in [5.74, 6) is 0. The summed E-state index contributed by atoms with van der Waals surface area (Å²) in [6, 6.07) is 0. The van der Waals surface area contributed by atoms with E-state index in [0.717, 1.165) is 12.8 Å². The Morgan fingerprint density at radius 2 is 1.26 bits per heavy atom. The smallest absolute Gasteiger partial charge is 0.0720 e. The molecule has 0 aliphatic heterocycles. The monoisotopic (exact) mass is 268 g/mol. The molecule has 1 N–H and O–H groups in total. The first-order valence-corrected chi connectivity index (χ1v) is 8.66. The summed E-state index contributed by atoms with van der Waals surface area (Å²) in [5, 5.41) is 9.79. The van der Waals surface area contributed by atoms with Gasteiger partial charge in [-0.3, -0.25) is 0 Å². The van der Waals surface area contributed by atoms with Crippen molar-refractivity contribution in [3.05, 3.63) is 12.2 Å². The van der Waals surface area contributed by atoms with Crippen molar-refractivity contribution in [3.8, 4) is 0 Å². The molecule has 19 heavy (non-hydrogen) atoms. The second-order valence-electron chi connectivity index (χ2n) is 5.75. The average molecular weight is 268 g/mol. The van der Waals surface area contributed by atoms with Gasteiger partial charge in [0.1, 0.15) is 0 Å². The second kappa shape index (κ2) is 15.8. The molecule has 0 aliphatic rings. The fourth-order valence-corrected chi connectivity index (χ4v) is 2.35. The van der Waals surface area contributed by atoms with Gasteiger partial charge in [0, 0.05) is 0 Å². The van der Waals surface area contributed by atoms with Crippen molar-refractivity contribution >= 4 is 0 Å². The molecule has 1 nitrogen and oxygen atoms in total. The van der Waals surface area contributed by atoms with Crippen molar-refractivity contribution in [1.82, 2.24) is 0 Å². The third-order valence-electron chi connectivity index (χ3n) is 3.69. The molecule has 0 bridgehead atoms. The van der Waals surface area contributed by atoms with Crippen LogP contribution in [0.3, 0.4) is 0 Å². The first kappa shape index (κ1) is 18.7. The number of allylic oxidation sites excluding steroid dienone is 1. The van der Waals surface area contributed by atoms with Crippen molar-refractivity contribution in [1.29, 1.82) is 0 Å². The Kier molecular flexibility index (Phi) is 15.5. The van der Waals surface area contributed by atoms with Crippen molar-refractivity contribution in [2.45, 2.75) is 103 Å². The van der Waals surface area contributed by atoms with E-state index >= 15 is 0 Å². The van der Waals surface area contributed by atoms with E-state index in [4.69, 9.17) is 0 Å². The van der Waals surface area contributed by atoms with Crippen molar-refractivity contribution in [3.63, 3.8) is 0 Å². The highest BCUT2D eigenvalue weighted by Gasteiger charge is 1.98. The molecule has 0 fully saturated rings. The van der Waals surface area contributed by atoms with Gasteiger partial charge >= 0.3 is 0 Å². The number of aliphatic hydroxyl groups is 1. The van der Waals surface area contributed by atoms with Crippen molar-refractivity contribution in [2.24, 2.45) is 0 Å². The molecule has 0 spiro atoms. The molecule has 0 heterocycles. The third-order valence-corrected chi connectivity index (χ3v) is 3.69. The molecule has 1 unspecified atom stereocenters. The molecule has 114 valence electrons. The number of hydrogen-bond donors (Lipinski definition) is 1. The van der Waals surface area contributed by atoms with Crippen LogP contribution < -0.4 is 0 Å². The summed E-state index contributed by atoms with van der Waals surface area (Å²) in [7, 11) is 0. The van der Waals surface area contributed by atoms with E-state index in [1.54, 1.807) is 0 Å². The predicted molar refractivity (Wildman–Crippen MR) is 86.5 cm³/mol. The summed E-state index contributed by atoms with van der Waals surface area (Å²) in [5.41, 5.74) is 0. The fraction of sp³-hybridized carbons (Fsp3) is 0.889. The highest BCUT2D eigenvalue weighted by Crippen LogP contribution is 2.10. The minimum Gasteiger partial charge on any atom is -0.389 e. The van der Waals surface area contributed by atoms with E-state index in [9.17, 15) is 5.11 Å². The number of hydrogen-bond acceptors (Lipinski definition) is 1. The van der Waals surface area contributed by atoms with Gasteiger partial charge in [-0.15, -0.1) is 0 Å². The van der Waals surface area contributed by atoms with Gasteiger partial charge in [-0.25, -0.2) is 0 Å². The highest BCUT2D eigenvalue weighted by molar-refractivity contribution is 4.88. The van der Waals surface area contributed by atoms with Gasteiger partial charge in [-0.2, -0.15) is 0 Å². The first-order valence-electron chi connectivity index (χ1n) is 8.66. The number of unbranched alkanes of at least 4 members (excludes halogenated alkanes) is 10. The molecule has 0 aliphatic carbocycles. The summed E-state index contributed by atoms with van der Waals surface area (Å²) < 4.78 is 0. The van der Waals surface area contributed by atoms with Crippen LogP contribution in [0, 0.1) is 0 Å². The maximum atomic E-state index is 9.79. The van der Waals surface area contributed by atoms with Crippen molar-refractivity contribution < 1.29 is 5.11 Å². The van der Waals surface area contributed by atoms with Crippen LogP contribution in [0.1, 0.15) is 97.3 Å². The molecule has 0 rings (SSSR count). The zero-order chi connectivity index (χ0) is 14.2. The summed E-state index contributed by atoms with van der Waals surface area (Å²) in [6.45, 7) is 4.49. The van der Waals surface area contributed by atoms with Crippen LogP contribution >= 0.6 is 0 Å². The van der Waals surface area contributed by atoms with Gasteiger partial charge in [0.25, 0.3) is 0 Å². The molecule has 0 aromatic carbocycles. The van der Waals surface area contributed by atoms with E-state index in [1.807, 2.05) is 6.08 Å².